The van der Waals surface area contributed by atoms with Gasteiger partial charge in [-0.1, -0.05) is 25.9 Å². The van der Waals surface area contributed by atoms with Crippen molar-refractivity contribution in [2.75, 3.05) is 0 Å². The molecule has 0 fully saturated rings. The Balaban J connectivity index is 2.96. The van der Waals surface area contributed by atoms with E-state index in [4.69, 9.17) is 10.9 Å². The van der Waals surface area contributed by atoms with Crippen LogP contribution in [-0.4, -0.2) is 26.5 Å². The average molecular weight is 240 g/mol. The van der Waals surface area contributed by atoms with E-state index in [1.165, 1.54) is 6.20 Å². The van der Waals surface area contributed by atoms with E-state index in [9.17, 15) is 0 Å². The van der Waals surface area contributed by atoms with E-state index in [1.54, 1.807) is 17.8 Å². The fourth-order valence-electron chi connectivity index (χ4n) is 0.967. The van der Waals surface area contributed by atoms with Crippen molar-refractivity contribution in [2.45, 2.75) is 31.0 Å². The van der Waals surface area contributed by atoms with Gasteiger partial charge in [0.05, 0.1) is 11.8 Å². The lowest BCUT2D eigenvalue weighted by atomic mass is 10.2. The fourth-order valence-corrected chi connectivity index (χ4v) is 1.99. The summed E-state index contributed by atoms with van der Waals surface area (Å²) in [4.78, 5) is 0. The SMILES string of the molecule is CC(C)C(C)Sc1nnccc1/C(N)=N/O. The Morgan fingerprint density at radius 1 is 1.50 bits per heavy atom. The predicted molar refractivity (Wildman–Crippen MR) is 64.7 cm³/mol. The molecule has 0 aliphatic rings. The van der Waals surface area contributed by atoms with Gasteiger partial charge in [0.25, 0.3) is 0 Å². The van der Waals surface area contributed by atoms with Crippen molar-refractivity contribution < 1.29 is 5.21 Å². The quantitative estimate of drug-likeness (QED) is 0.275. The number of nitrogens with two attached hydrogens (primary N) is 1. The van der Waals surface area contributed by atoms with Gasteiger partial charge >= 0.3 is 0 Å². The standard InChI is InChI=1S/C10H16N4OS/c1-6(2)7(3)16-10-8(9(11)14-15)4-5-12-13-10/h4-7,15H,1-3H3,(H2,11,14). The molecule has 0 aromatic carbocycles. The molecule has 1 aromatic heterocycles. The highest BCUT2D eigenvalue weighted by atomic mass is 32.2. The maximum Gasteiger partial charge on any atom is 0.172 e. The molecule has 0 radical (unpaired) electrons. The second kappa shape index (κ2) is 5.69. The minimum Gasteiger partial charge on any atom is -0.409 e. The lowest BCUT2D eigenvalue weighted by Crippen LogP contribution is -2.16. The highest BCUT2D eigenvalue weighted by molar-refractivity contribution is 7.99. The summed E-state index contributed by atoms with van der Waals surface area (Å²) in [6.07, 6.45) is 1.53. The summed E-state index contributed by atoms with van der Waals surface area (Å²) in [6, 6.07) is 1.69. The average Bonchev–Trinajstić information content (AvgIpc) is 2.28. The molecule has 1 rings (SSSR count). The molecule has 0 spiro atoms. The topological polar surface area (TPSA) is 84.4 Å². The van der Waals surface area contributed by atoms with E-state index in [2.05, 4.69) is 36.1 Å². The summed E-state index contributed by atoms with van der Waals surface area (Å²) in [5, 5.41) is 20.6. The number of nitrogens with zero attached hydrogens (tertiary/aromatic N) is 3. The van der Waals surface area contributed by atoms with Gasteiger partial charge in [-0.2, -0.15) is 5.10 Å². The summed E-state index contributed by atoms with van der Waals surface area (Å²) in [5.74, 6) is 0.584. The number of amidine groups is 1. The minimum atomic E-state index is 0.0633. The van der Waals surface area contributed by atoms with Gasteiger partial charge < -0.3 is 10.9 Å². The Morgan fingerprint density at radius 3 is 2.75 bits per heavy atom. The van der Waals surface area contributed by atoms with Crippen molar-refractivity contribution in [2.24, 2.45) is 16.8 Å². The first-order valence-corrected chi connectivity index (χ1v) is 5.90. The normalized spacial score (nSPS) is 14.1. The zero-order chi connectivity index (χ0) is 12.1. The van der Waals surface area contributed by atoms with Gasteiger partial charge in [0.15, 0.2) is 5.84 Å². The summed E-state index contributed by atoms with van der Waals surface area (Å²) < 4.78 is 0. The van der Waals surface area contributed by atoms with Crippen LogP contribution in [0.2, 0.25) is 0 Å². The van der Waals surface area contributed by atoms with Crippen LogP contribution in [0.3, 0.4) is 0 Å². The first-order chi connectivity index (χ1) is 7.56. The number of oxime groups is 1. The smallest absolute Gasteiger partial charge is 0.172 e. The number of hydrogen-bond donors (Lipinski definition) is 2. The molecular formula is C10H16N4OS. The molecule has 1 heterocycles. The molecule has 0 aliphatic carbocycles. The zero-order valence-corrected chi connectivity index (χ0v) is 10.4. The van der Waals surface area contributed by atoms with Gasteiger partial charge in [0, 0.05) is 5.25 Å². The van der Waals surface area contributed by atoms with Crippen molar-refractivity contribution in [1.29, 1.82) is 0 Å². The molecule has 0 saturated heterocycles. The molecule has 1 atom stereocenters. The molecule has 0 bridgehead atoms. The number of aromatic nitrogens is 2. The van der Waals surface area contributed by atoms with Crippen LogP contribution in [0.25, 0.3) is 0 Å². The van der Waals surface area contributed by atoms with E-state index in [-0.39, 0.29) is 5.84 Å². The molecule has 0 amide bonds. The van der Waals surface area contributed by atoms with Gasteiger partial charge in [0.1, 0.15) is 5.03 Å². The Hall–Kier alpha value is -1.30. The summed E-state index contributed by atoms with van der Waals surface area (Å²) in [7, 11) is 0. The predicted octanol–water partition coefficient (Wildman–Crippen LogP) is 1.71. The van der Waals surface area contributed by atoms with Crippen LogP contribution < -0.4 is 5.73 Å². The molecule has 3 N–H and O–H groups in total. The summed E-state index contributed by atoms with van der Waals surface area (Å²) >= 11 is 1.58. The van der Waals surface area contributed by atoms with Crippen molar-refractivity contribution in [1.82, 2.24) is 10.2 Å². The first kappa shape index (κ1) is 12.8. The largest absolute Gasteiger partial charge is 0.409 e. The first-order valence-electron chi connectivity index (χ1n) is 5.02. The highest BCUT2D eigenvalue weighted by Gasteiger charge is 2.15. The summed E-state index contributed by atoms with van der Waals surface area (Å²) in [5.41, 5.74) is 6.19. The molecule has 1 unspecified atom stereocenters. The molecule has 1 aromatic rings. The lowest BCUT2D eigenvalue weighted by molar-refractivity contribution is 0.318. The Kier molecular flexibility index (Phi) is 4.54. The van der Waals surface area contributed by atoms with Crippen molar-refractivity contribution in [3.05, 3.63) is 17.8 Å². The van der Waals surface area contributed by atoms with Gasteiger partial charge in [-0.05, 0) is 12.0 Å². The maximum absolute atomic E-state index is 8.66. The monoisotopic (exact) mass is 240 g/mol. The van der Waals surface area contributed by atoms with E-state index < -0.39 is 0 Å². The van der Waals surface area contributed by atoms with Crippen LogP contribution >= 0.6 is 11.8 Å². The summed E-state index contributed by atoms with van der Waals surface area (Å²) in [6.45, 7) is 6.38. The zero-order valence-electron chi connectivity index (χ0n) is 9.58. The fraction of sp³-hybridized carbons (Fsp3) is 0.500. The Bertz CT molecular complexity index is 381. The third-order valence-corrected chi connectivity index (χ3v) is 3.75. The van der Waals surface area contributed by atoms with Crippen molar-refractivity contribution in [3.63, 3.8) is 0 Å². The third kappa shape index (κ3) is 3.10. The molecule has 0 saturated carbocycles. The molecular weight excluding hydrogens is 224 g/mol. The second-order valence-corrected chi connectivity index (χ2v) is 5.17. The van der Waals surface area contributed by atoms with Crippen LogP contribution in [0.15, 0.2) is 22.4 Å². The van der Waals surface area contributed by atoms with Gasteiger partial charge in [0.2, 0.25) is 0 Å². The van der Waals surface area contributed by atoms with Crippen molar-refractivity contribution >= 4 is 17.6 Å². The van der Waals surface area contributed by atoms with Gasteiger partial charge in [-0.15, -0.1) is 16.9 Å². The number of hydrogen-bond acceptors (Lipinski definition) is 5. The molecule has 6 heteroatoms. The molecule has 88 valence electrons. The van der Waals surface area contributed by atoms with Crippen LogP contribution in [0.1, 0.15) is 26.3 Å². The van der Waals surface area contributed by atoms with Crippen LogP contribution in [-0.2, 0) is 0 Å². The molecule has 5 nitrogen and oxygen atoms in total. The highest BCUT2D eigenvalue weighted by Crippen LogP contribution is 2.28. The van der Waals surface area contributed by atoms with Gasteiger partial charge in [-0.25, -0.2) is 0 Å². The lowest BCUT2D eigenvalue weighted by Gasteiger charge is -2.15. The van der Waals surface area contributed by atoms with Gasteiger partial charge in [-0.3, -0.25) is 0 Å². The van der Waals surface area contributed by atoms with E-state index in [0.29, 0.717) is 21.8 Å². The number of rotatable bonds is 4. The number of thioether (sulfide) groups is 1. The van der Waals surface area contributed by atoms with Crippen molar-refractivity contribution in [3.8, 4) is 0 Å². The van der Waals surface area contributed by atoms with Crippen LogP contribution in [0.4, 0.5) is 0 Å². The maximum atomic E-state index is 8.66. The molecule has 16 heavy (non-hydrogen) atoms. The van der Waals surface area contributed by atoms with E-state index in [1.807, 2.05) is 0 Å². The van der Waals surface area contributed by atoms with Crippen LogP contribution in [0.5, 0.6) is 0 Å². The Morgan fingerprint density at radius 2 is 2.19 bits per heavy atom. The third-order valence-electron chi connectivity index (χ3n) is 2.31. The molecule has 0 aliphatic heterocycles. The second-order valence-electron chi connectivity index (χ2n) is 3.80. The van der Waals surface area contributed by atoms with E-state index >= 15 is 0 Å². The van der Waals surface area contributed by atoms with Crippen LogP contribution in [0, 0.1) is 5.92 Å². The minimum absolute atomic E-state index is 0.0633. The van der Waals surface area contributed by atoms with E-state index in [0.717, 1.165) is 0 Å². The Labute approximate surface area is 99.1 Å².